The molecule has 0 aliphatic heterocycles. The Kier molecular flexibility index (Phi) is 2.93. The van der Waals surface area contributed by atoms with E-state index in [1.807, 2.05) is 18.5 Å². The van der Waals surface area contributed by atoms with Gasteiger partial charge in [-0.25, -0.2) is 0 Å². The SMILES string of the molecule is Cc1nn(CCN(C)C)c(C)c1N. The highest BCUT2D eigenvalue weighted by Crippen LogP contribution is 2.14. The van der Waals surface area contributed by atoms with Crippen molar-refractivity contribution in [3.05, 3.63) is 11.4 Å². The number of hydrogen-bond donors (Lipinski definition) is 1. The molecule has 0 aliphatic rings. The molecule has 0 saturated heterocycles. The Morgan fingerprint density at radius 2 is 2.00 bits per heavy atom. The Hall–Kier alpha value is -1.03. The Morgan fingerprint density at radius 3 is 2.38 bits per heavy atom. The minimum atomic E-state index is 0.818. The largest absolute Gasteiger partial charge is 0.396 e. The van der Waals surface area contributed by atoms with Gasteiger partial charge in [-0.05, 0) is 27.9 Å². The molecule has 0 spiro atoms. The minimum Gasteiger partial charge on any atom is -0.396 e. The predicted octanol–water partition coefficient (Wildman–Crippen LogP) is 0.644. The Labute approximate surface area is 79.3 Å². The topological polar surface area (TPSA) is 47.1 Å². The van der Waals surface area contributed by atoms with Gasteiger partial charge in [-0.15, -0.1) is 0 Å². The second kappa shape index (κ2) is 3.79. The lowest BCUT2D eigenvalue weighted by Gasteiger charge is -2.10. The zero-order chi connectivity index (χ0) is 10.0. The van der Waals surface area contributed by atoms with Gasteiger partial charge in [-0.3, -0.25) is 4.68 Å². The van der Waals surface area contributed by atoms with Gasteiger partial charge in [0.2, 0.25) is 0 Å². The maximum Gasteiger partial charge on any atom is 0.0825 e. The van der Waals surface area contributed by atoms with E-state index in [-0.39, 0.29) is 0 Å². The van der Waals surface area contributed by atoms with Gasteiger partial charge in [-0.1, -0.05) is 0 Å². The van der Waals surface area contributed by atoms with Crippen molar-refractivity contribution in [1.82, 2.24) is 14.7 Å². The molecule has 0 aliphatic carbocycles. The van der Waals surface area contributed by atoms with E-state index in [0.29, 0.717) is 0 Å². The van der Waals surface area contributed by atoms with E-state index in [1.54, 1.807) is 0 Å². The molecule has 1 aromatic rings. The third kappa shape index (κ3) is 2.21. The van der Waals surface area contributed by atoms with Crippen LogP contribution in [-0.4, -0.2) is 35.3 Å². The molecule has 4 nitrogen and oxygen atoms in total. The number of aryl methyl sites for hydroxylation is 1. The fourth-order valence-corrected chi connectivity index (χ4v) is 1.22. The minimum absolute atomic E-state index is 0.818. The van der Waals surface area contributed by atoms with Crippen LogP contribution in [0, 0.1) is 13.8 Å². The van der Waals surface area contributed by atoms with Crippen molar-refractivity contribution >= 4 is 5.69 Å². The van der Waals surface area contributed by atoms with Crippen LogP contribution in [0.15, 0.2) is 0 Å². The van der Waals surface area contributed by atoms with Gasteiger partial charge in [0.15, 0.2) is 0 Å². The summed E-state index contributed by atoms with van der Waals surface area (Å²) >= 11 is 0. The third-order valence-electron chi connectivity index (χ3n) is 2.20. The molecule has 1 aromatic heterocycles. The molecule has 2 N–H and O–H groups in total. The van der Waals surface area contributed by atoms with E-state index in [2.05, 4.69) is 24.1 Å². The number of nitrogens with zero attached hydrogens (tertiary/aromatic N) is 3. The maximum absolute atomic E-state index is 5.81. The van der Waals surface area contributed by atoms with Gasteiger partial charge in [0.25, 0.3) is 0 Å². The lowest BCUT2D eigenvalue weighted by atomic mass is 10.3. The van der Waals surface area contributed by atoms with Crippen LogP contribution in [0.2, 0.25) is 0 Å². The first-order valence-corrected chi connectivity index (χ1v) is 4.46. The van der Waals surface area contributed by atoms with Gasteiger partial charge in [0.1, 0.15) is 0 Å². The van der Waals surface area contributed by atoms with Gasteiger partial charge in [-0.2, -0.15) is 5.10 Å². The first-order chi connectivity index (χ1) is 6.02. The summed E-state index contributed by atoms with van der Waals surface area (Å²) in [6.45, 7) is 5.83. The number of hydrogen-bond acceptors (Lipinski definition) is 3. The fourth-order valence-electron chi connectivity index (χ4n) is 1.22. The average Bonchev–Trinajstić information content (AvgIpc) is 2.29. The Morgan fingerprint density at radius 1 is 1.38 bits per heavy atom. The summed E-state index contributed by atoms with van der Waals surface area (Å²) in [6.07, 6.45) is 0. The lowest BCUT2D eigenvalue weighted by molar-refractivity contribution is 0.370. The second-order valence-electron chi connectivity index (χ2n) is 3.61. The fraction of sp³-hybridized carbons (Fsp3) is 0.667. The molecule has 0 radical (unpaired) electrons. The van der Waals surface area contributed by atoms with Crippen LogP contribution in [0.25, 0.3) is 0 Å². The van der Waals surface area contributed by atoms with Crippen LogP contribution >= 0.6 is 0 Å². The van der Waals surface area contributed by atoms with Crippen LogP contribution in [0.4, 0.5) is 5.69 Å². The number of rotatable bonds is 3. The normalized spacial score (nSPS) is 11.2. The molecule has 0 bridgehead atoms. The summed E-state index contributed by atoms with van der Waals surface area (Å²) in [4.78, 5) is 2.13. The molecule has 74 valence electrons. The van der Waals surface area contributed by atoms with Crippen molar-refractivity contribution < 1.29 is 0 Å². The molecule has 4 heteroatoms. The van der Waals surface area contributed by atoms with Crippen LogP contribution in [0.3, 0.4) is 0 Å². The van der Waals surface area contributed by atoms with Gasteiger partial charge in [0, 0.05) is 6.54 Å². The molecular weight excluding hydrogens is 164 g/mol. The van der Waals surface area contributed by atoms with E-state index >= 15 is 0 Å². The average molecular weight is 182 g/mol. The smallest absolute Gasteiger partial charge is 0.0825 e. The monoisotopic (exact) mass is 182 g/mol. The third-order valence-corrected chi connectivity index (χ3v) is 2.20. The molecule has 1 rings (SSSR count). The highest BCUT2D eigenvalue weighted by atomic mass is 15.3. The summed E-state index contributed by atoms with van der Waals surface area (Å²) in [7, 11) is 4.10. The van der Waals surface area contributed by atoms with Crippen molar-refractivity contribution in [1.29, 1.82) is 0 Å². The zero-order valence-corrected chi connectivity index (χ0v) is 8.83. The van der Waals surface area contributed by atoms with Crippen molar-refractivity contribution in [2.24, 2.45) is 0 Å². The zero-order valence-electron chi connectivity index (χ0n) is 8.83. The standard InChI is InChI=1S/C9H18N4/c1-7-9(10)8(2)13(11-7)6-5-12(3)4/h5-6,10H2,1-4H3. The van der Waals surface area contributed by atoms with Crippen molar-refractivity contribution in [3.8, 4) is 0 Å². The summed E-state index contributed by atoms with van der Waals surface area (Å²) in [5, 5.41) is 4.35. The molecule has 0 fully saturated rings. The van der Waals surface area contributed by atoms with Crippen molar-refractivity contribution in [2.75, 3.05) is 26.4 Å². The molecule has 0 saturated carbocycles. The van der Waals surface area contributed by atoms with Crippen LogP contribution in [0.1, 0.15) is 11.4 Å². The van der Waals surface area contributed by atoms with E-state index in [4.69, 9.17) is 5.73 Å². The van der Waals surface area contributed by atoms with E-state index in [9.17, 15) is 0 Å². The highest BCUT2D eigenvalue weighted by Gasteiger charge is 2.07. The van der Waals surface area contributed by atoms with E-state index in [0.717, 1.165) is 30.2 Å². The number of anilines is 1. The Balaban J connectivity index is 2.72. The highest BCUT2D eigenvalue weighted by molar-refractivity contribution is 5.46. The Bertz CT molecular complexity index is 288. The summed E-state index contributed by atoms with van der Waals surface area (Å²) < 4.78 is 1.96. The maximum atomic E-state index is 5.81. The van der Waals surface area contributed by atoms with Crippen molar-refractivity contribution in [3.63, 3.8) is 0 Å². The van der Waals surface area contributed by atoms with Crippen LogP contribution in [0.5, 0.6) is 0 Å². The van der Waals surface area contributed by atoms with Crippen LogP contribution in [-0.2, 0) is 6.54 Å². The van der Waals surface area contributed by atoms with Crippen LogP contribution < -0.4 is 5.73 Å². The number of likely N-dealkylation sites (N-methyl/N-ethyl adjacent to an activating group) is 1. The van der Waals surface area contributed by atoms with Gasteiger partial charge in [0.05, 0.1) is 23.6 Å². The first kappa shape index (κ1) is 10.1. The molecule has 1 heterocycles. The van der Waals surface area contributed by atoms with E-state index < -0.39 is 0 Å². The summed E-state index contributed by atoms with van der Waals surface area (Å²) in [6, 6.07) is 0. The number of nitrogens with two attached hydrogens (primary N) is 1. The van der Waals surface area contributed by atoms with Crippen molar-refractivity contribution in [2.45, 2.75) is 20.4 Å². The predicted molar refractivity (Wildman–Crippen MR) is 54.7 cm³/mol. The molecular formula is C9H18N4. The molecule has 0 unspecified atom stereocenters. The van der Waals surface area contributed by atoms with E-state index in [1.165, 1.54) is 0 Å². The summed E-state index contributed by atoms with van der Waals surface area (Å²) in [5.41, 5.74) is 8.63. The lowest BCUT2D eigenvalue weighted by Crippen LogP contribution is -2.19. The quantitative estimate of drug-likeness (QED) is 0.746. The molecule has 13 heavy (non-hydrogen) atoms. The molecule has 0 amide bonds. The first-order valence-electron chi connectivity index (χ1n) is 4.46. The number of aromatic nitrogens is 2. The summed E-state index contributed by atoms with van der Waals surface area (Å²) in [5.74, 6) is 0. The number of nitrogen functional groups attached to an aromatic ring is 1. The molecule has 0 aromatic carbocycles. The van der Waals surface area contributed by atoms with Gasteiger partial charge >= 0.3 is 0 Å². The van der Waals surface area contributed by atoms with Gasteiger partial charge < -0.3 is 10.6 Å². The molecule has 0 atom stereocenters. The second-order valence-corrected chi connectivity index (χ2v) is 3.61.